The van der Waals surface area contributed by atoms with Gasteiger partial charge in [0.05, 0.1) is 17.8 Å². The van der Waals surface area contributed by atoms with Gasteiger partial charge in [0.25, 0.3) is 5.91 Å². The molecule has 41 heavy (non-hydrogen) atoms. The van der Waals surface area contributed by atoms with Crippen molar-refractivity contribution in [1.82, 2.24) is 10.2 Å². The average molecular weight is 561 g/mol. The maximum atomic E-state index is 15.4. The number of carbonyl (C=O) groups excluding carboxylic acids is 3. The number of rotatable bonds is 6. The number of piperidine rings is 1. The van der Waals surface area contributed by atoms with Crippen LogP contribution in [0.15, 0.2) is 66.7 Å². The number of amides is 4. The topological polar surface area (TPSA) is 137 Å². The number of nitrogens with zero attached hydrogens (tertiary/aromatic N) is 1. The molecule has 5 rings (SSSR count). The molecule has 0 saturated carbocycles. The Hall–Kier alpha value is -4.93. The van der Waals surface area contributed by atoms with Crippen molar-refractivity contribution in [1.29, 1.82) is 0 Å². The number of ether oxygens (including phenoxy) is 1. The number of likely N-dealkylation sites (tertiary alicyclic amines) is 1. The Labute approximate surface area is 235 Å². The van der Waals surface area contributed by atoms with E-state index in [2.05, 4.69) is 16.0 Å². The lowest BCUT2D eigenvalue weighted by atomic mass is 9.82. The van der Waals surface area contributed by atoms with Gasteiger partial charge in [0.1, 0.15) is 11.9 Å². The Bertz CT molecular complexity index is 1500. The van der Waals surface area contributed by atoms with Crippen LogP contribution in [0.25, 0.3) is 0 Å². The summed E-state index contributed by atoms with van der Waals surface area (Å²) < 4.78 is 21.2. The summed E-state index contributed by atoms with van der Waals surface area (Å²) in [6, 6.07) is 17.2. The van der Waals surface area contributed by atoms with E-state index >= 15 is 4.39 Å². The van der Waals surface area contributed by atoms with E-state index in [1.807, 2.05) is 30.3 Å². The molecular weight excluding hydrogens is 531 g/mol. The second kappa shape index (κ2) is 11.3. The molecule has 1 saturated heterocycles. The van der Waals surface area contributed by atoms with Gasteiger partial charge < -0.3 is 20.1 Å². The van der Waals surface area contributed by atoms with E-state index in [1.54, 1.807) is 19.1 Å². The van der Waals surface area contributed by atoms with Crippen molar-refractivity contribution in [2.45, 2.75) is 37.8 Å². The number of fused-ring (bicyclic) bond motifs is 2. The van der Waals surface area contributed by atoms with Crippen LogP contribution in [0.4, 0.5) is 25.4 Å². The Kier molecular flexibility index (Phi) is 7.60. The molecule has 2 heterocycles. The van der Waals surface area contributed by atoms with Gasteiger partial charge in [0, 0.05) is 24.2 Å². The smallest absolute Gasteiger partial charge is 0.412 e. The summed E-state index contributed by atoms with van der Waals surface area (Å²) in [5.41, 5.74) is 0.909. The minimum absolute atomic E-state index is 0.0661. The van der Waals surface area contributed by atoms with Crippen LogP contribution >= 0.6 is 0 Å². The third-order valence-electron chi connectivity index (χ3n) is 7.37. The van der Waals surface area contributed by atoms with E-state index in [1.165, 1.54) is 29.2 Å². The standard InChI is InChI=1S/C30H29FN4O6/c1-18-8-13-22-24(25(18)31)30(41-29(40)34-22)14-5-15-35(17-30)27(37)23(16-19-6-3-2-4-7-19)33-26(36)20-9-11-21(12-10-20)32-28(38)39/h2-4,6-13,23,32H,5,14-17H2,1H3,(H,33,36)(H,34,40)(H,38,39)/t23-,30-/m0/s1. The van der Waals surface area contributed by atoms with Crippen LogP contribution in [0.3, 0.4) is 0 Å². The molecule has 0 aliphatic carbocycles. The minimum atomic E-state index is -1.37. The number of hydrogen-bond donors (Lipinski definition) is 4. The highest BCUT2D eigenvalue weighted by Crippen LogP contribution is 2.44. The number of carbonyl (C=O) groups is 4. The maximum Gasteiger partial charge on any atom is 0.412 e. The van der Waals surface area contributed by atoms with Gasteiger partial charge in [-0.05, 0) is 61.2 Å². The first-order valence-corrected chi connectivity index (χ1v) is 13.2. The molecule has 4 amide bonds. The zero-order chi connectivity index (χ0) is 29.1. The summed E-state index contributed by atoms with van der Waals surface area (Å²) in [7, 11) is 0. The quantitative estimate of drug-likeness (QED) is 0.347. The molecule has 4 N–H and O–H groups in total. The largest absolute Gasteiger partial charge is 0.465 e. The van der Waals surface area contributed by atoms with E-state index in [0.717, 1.165) is 5.56 Å². The maximum absolute atomic E-state index is 15.4. The Morgan fingerprint density at radius 1 is 1.10 bits per heavy atom. The van der Waals surface area contributed by atoms with Crippen LogP contribution < -0.4 is 16.0 Å². The Morgan fingerprint density at radius 2 is 1.83 bits per heavy atom. The van der Waals surface area contributed by atoms with Crippen LogP contribution in [-0.2, 0) is 21.6 Å². The lowest BCUT2D eigenvalue weighted by Gasteiger charge is -2.45. The fourth-order valence-electron chi connectivity index (χ4n) is 5.43. The molecule has 3 aromatic carbocycles. The SMILES string of the molecule is Cc1ccc2c(c1F)[C@@]1(CCCN(C(=O)[C@H](Cc3ccccc3)NC(=O)c3ccc(NC(=O)O)cc3)C1)OC(=O)N2. The molecule has 2 aliphatic heterocycles. The first kappa shape index (κ1) is 27.6. The van der Waals surface area contributed by atoms with Gasteiger partial charge in [-0.15, -0.1) is 0 Å². The molecule has 3 aromatic rings. The van der Waals surface area contributed by atoms with Crippen LogP contribution in [0.5, 0.6) is 0 Å². The Balaban J connectivity index is 1.42. The molecule has 2 aliphatic rings. The van der Waals surface area contributed by atoms with Gasteiger partial charge in [-0.2, -0.15) is 0 Å². The summed E-state index contributed by atoms with van der Waals surface area (Å²) in [5.74, 6) is -1.41. The average Bonchev–Trinajstić information content (AvgIpc) is 2.94. The van der Waals surface area contributed by atoms with Gasteiger partial charge >= 0.3 is 12.2 Å². The first-order chi connectivity index (χ1) is 19.6. The fraction of sp³-hybridized carbons (Fsp3) is 0.267. The third-order valence-corrected chi connectivity index (χ3v) is 7.37. The fourth-order valence-corrected chi connectivity index (χ4v) is 5.43. The minimum Gasteiger partial charge on any atom is -0.465 e. The number of benzene rings is 3. The lowest BCUT2D eigenvalue weighted by molar-refractivity contribution is -0.141. The lowest BCUT2D eigenvalue weighted by Crippen LogP contribution is -2.58. The molecule has 0 radical (unpaired) electrons. The highest BCUT2D eigenvalue weighted by molar-refractivity contribution is 5.98. The zero-order valence-electron chi connectivity index (χ0n) is 22.3. The molecule has 11 heteroatoms. The molecule has 212 valence electrons. The third kappa shape index (κ3) is 5.84. The summed E-state index contributed by atoms with van der Waals surface area (Å²) >= 11 is 0. The predicted octanol–water partition coefficient (Wildman–Crippen LogP) is 4.65. The zero-order valence-corrected chi connectivity index (χ0v) is 22.3. The van der Waals surface area contributed by atoms with Crippen LogP contribution in [0.1, 0.15) is 39.9 Å². The number of hydrogen-bond acceptors (Lipinski definition) is 5. The monoisotopic (exact) mass is 560 g/mol. The second-order valence-corrected chi connectivity index (χ2v) is 10.2. The highest BCUT2D eigenvalue weighted by Gasteiger charge is 2.49. The van der Waals surface area contributed by atoms with Gasteiger partial charge in [-0.25, -0.2) is 14.0 Å². The molecular formula is C30H29FN4O6. The normalized spacial score (nSPS) is 18.5. The summed E-state index contributed by atoms with van der Waals surface area (Å²) in [6.45, 7) is 1.90. The number of carboxylic acid groups (broad SMARTS) is 1. The molecule has 0 aromatic heterocycles. The van der Waals surface area contributed by atoms with Gasteiger partial charge in [0.2, 0.25) is 5.91 Å². The van der Waals surface area contributed by atoms with Gasteiger partial charge in [0.15, 0.2) is 5.60 Å². The number of anilines is 2. The van der Waals surface area contributed by atoms with E-state index in [-0.39, 0.29) is 24.1 Å². The van der Waals surface area contributed by atoms with Crippen molar-refractivity contribution in [3.8, 4) is 0 Å². The van der Waals surface area contributed by atoms with Crippen molar-refractivity contribution in [3.05, 3.63) is 94.8 Å². The van der Waals surface area contributed by atoms with Crippen LogP contribution in [0.2, 0.25) is 0 Å². The summed E-state index contributed by atoms with van der Waals surface area (Å²) in [4.78, 5) is 52.1. The Morgan fingerprint density at radius 3 is 2.54 bits per heavy atom. The second-order valence-electron chi connectivity index (χ2n) is 10.2. The van der Waals surface area contributed by atoms with Crippen LogP contribution in [0, 0.1) is 12.7 Å². The molecule has 0 bridgehead atoms. The van der Waals surface area contributed by atoms with Crippen molar-refractivity contribution in [3.63, 3.8) is 0 Å². The van der Waals surface area contributed by atoms with Crippen molar-refractivity contribution < 1.29 is 33.4 Å². The summed E-state index contributed by atoms with van der Waals surface area (Å²) in [5, 5.41) is 16.5. The number of halogens is 1. The van der Waals surface area contributed by atoms with E-state index in [4.69, 9.17) is 9.84 Å². The molecule has 1 spiro atoms. The van der Waals surface area contributed by atoms with E-state index < -0.39 is 41.5 Å². The molecule has 2 atom stereocenters. The van der Waals surface area contributed by atoms with Crippen molar-refractivity contribution in [2.24, 2.45) is 0 Å². The summed E-state index contributed by atoms with van der Waals surface area (Å²) in [6.07, 6.45) is -0.962. The van der Waals surface area contributed by atoms with Gasteiger partial charge in [-0.1, -0.05) is 36.4 Å². The number of nitrogens with one attached hydrogen (secondary N) is 3. The van der Waals surface area contributed by atoms with Crippen LogP contribution in [-0.4, -0.2) is 53.1 Å². The van der Waals surface area contributed by atoms with Crippen molar-refractivity contribution >= 4 is 35.4 Å². The highest BCUT2D eigenvalue weighted by atomic mass is 19.1. The van der Waals surface area contributed by atoms with Gasteiger partial charge in [-0.3, -0.25) is 20.2 Å². The molecule has 1 fully saturated rings. The molecule has 10 nitrogen and oxygen atoms in total. The van der Waals surface area contributed by atoms with E-state index in [9.17, 15) is 19.2 Å². The predicted molar refractivity (Wildman–Crippen MR) is 148 cm³/mol. The first-order valence-electron chi connectivity index (χ1n) is 13.2. The van der Waals surface area contributed by atoms with E-state index in [0.29, 0.717) is 36.3 Å². The number of aryl methyl sites for hydroxylation is 1. The molecule has 0 unspecified atom stereocenters. The van der Waals surface area contributed by atoms with Crippen molar-refractivity contribution in [2.75, 3.05) is 23.7 Å².